The Morgan fingerprint density at radius 1 is 0.676 bits per heavy atom. The first-order chi connectivity index (χ1) is 15.6. The minimum Gasteiger partial charge on any atom is -1.00 e. The monoisotopic (exact) mass is 588 g/mol. The summed E-state index contributed by atoms with van der Waals surface area (Å²) in [6.45, 7) is 12.6. The Hall–Kier alpha value is -1.71. The molecule has 0 bridgehead atoms. The summed E-state index contributed by atoms with van der Waals surface area (Å²) in [6.07, 6.45) is 2.92. The summed E-state index contributed by atoms with van der Waals surface area (Å²) >= 11 is 0. The smallest absolute Gasteiger partial charge is 0.311 e. The van der Waals surface area contributed by atoms with Gasteiger partial charge in [-0.3, -0.25) is 4.79 Å². The molecule has 0 aliphatic carbocycles. The van der Waals surface area contributed by atoms with E-state index in [9.17, 15) is 4.79 Å². The Labute approximate surface area is 223 Å². The van der Waals surface area contributed by atoms with Crippen molar-refractivity contribution >= 4 is 29.1 Å². The molecule has 34 heavy (non-hydrogen) atoms. The van der Waals surface area contributed by atoms with Gasteiger partial charge in [-0.2, -0.15) is 0 Å². The highest BCUT2D eigenvalue weighted by Gasteiger charge is 2.44. The second kappa shape index (κ2) is 12.3. The van der Waals surface area contributed by atoms with E-state index >= 15 is 0 Å². The number of aryl methyl sites for hydroxylation is 3. The van der Waals surface area contributed by atoms with Gasteiger partial charge in [-0.1, -0.05) is 53.1 Å². The van der Waals surface area contributed by atoms with E-state index in [1.807, 2.05) is 20.8 Å². The lowest BCUT2D eigenvalue weighted by molar-refractivity contribution is -0.153. The third kappa shape index (κ3) is 6.92. The van der Waals surface area contributed by atoms with Gasteiger partial charge in [0.15, 0.2) is 0 Å². The topological polar surface area (TPSA) is 26.3 Å². The number of hydrogen-bond acceptors (Lipinski definition) is 2. The predicted molar refractivity (Wildman–Crippen MR) is 144 cm³/mol. The number of halogens is 1. The fourth-order valence-corrected chi connectivity index (χ4v) is 8.41. The van der Waals surface area contributed by atoms with Crippen molar-refractivity contribution in [1.29, 1.82) is 0 Å². The van der Waals surface area contributed by atoms with Crippen LogP contribution in [0.3, 0.4) is 0 Å². The molecule has 2 nitrogen and oxygen atoms in total. The Balaban J connectivity index is 0.00000408. The van der Waals surface area contributed by atoms with Gasteiger partial charge in [-0.25, -0.2) is 0 Å². The number of rotatable bonds is 8. The standard InChI is InChI=1S/C30H38O2P.HI/c1-23-9-15-26(16-10-23)33(27-17-11-24(2)12-18-27,28-19-13-25(3)14-20-28)22-8-7-21-32-29(31)30(4,5)6;/h9-20H,7-8,21-22H2,1-6H3;1H/q+1;/p-1. The lowest BCUT2D eigenvalue weighted by Crippen LogP contribution is -3.00. The summed E-state index contributed by atoms with van der Waals surface area (Å²) in [5.74, 6) is -0.126. The molecule has 0 saturated heterocycles. The molecule has 3 rings (SSSR count). The summed E-state index contributed by atoms with van der Waals surface area (Å²) in [6, 6.07) is 27.3. The van der Waals surface area contributed by atoms with Crippen LogP contribution >= 0.6 is 7.26 Å². The normalized spacial score (nSPS) is 11.6. The fraction of sp³-hybridized carbons (Fsp3) is 0.367. The second-order valence-electron chi connectivity index (χ2n) is 10.1. The number of carbonyl (C=O) groups excluding carboxylic acids is 1. The van der Waals surface area contributed by atoms with E-state index in [-0.39, 0.29) is 29.9 Å². The lowest BCUT2D eigenvalue weighted by Gasteiger charge is -2.28. The molecule has 0 amide bonds. The molecule has 0 saturated carbocycles. The molecule has 182 valence electrons. The molecule has 0 aliphatic heterocycles. The molecule has 3 aromatic rings. The molecule has 0 heterocycles. The van der Waals surface area contributed by atoms with Gasteiger partial charge in [-0.05, 0) is 90.8 Å². The van der Waals surface area contributed by atoms with Crippen molar-refractivity contribution in [1.82, 2.24) is 0 Å². The highest BCUT2D eigenvalue weighted by atomic mass is 127. The van der Waals surface area contributed by atoms with Crippen molar-refractivity contribution in [2.45, 2.75) is 54.4 Å². The van der Waals surface area contributed by atoms with Gasteiger partial charge in [0.2, 0.25) is 0 Å². The van der Waals surface area contributed by atoms with Crippen LogP contribution < -0.4 is 39.9 Å². The van der Waals surface area contributed by atoms with Crippen molar-refractivity contribution in [3.05, 3.63) is 89.5 Å². The van der Waals surface area contributed by atoms with Gasteiger partial charge in [-0.15, -0.1) is 0 Å². The molecular formula is C30H38IO2P. The zero-order valence-electron chi connectivity index (χ0n) is 21.4. The van der Waals surface area contributed by atoms with Crippen molar-refractivity contribution in [2.75, 3.05) is 12.8 Å². The highest BCUT2D eigenvalue weighted by molar-refractivity contribution is 7.95. The average molecular weight is 589 g/mol. The quantitative estimate of drug-likeness (QED) is 0.175. The minimum absolute atomic E-state index is 0. The molecule has 0 aromatic heterocycles. The summed E-state index contributed by atoms with van der Waals surface area (Å²) in [5, 5.41) is 4.23. The van der Waals surface area contributed by atoms with Crippen LogP contribution in [0.4, 0.5) is 0 Å². The van der Waals surface area contributed by atoms with Crippen LogP contribution in [-0.2, 0) is 9.53 Å². The number of esters is 1. The molecule has 0 atom stereocenters. The SMILES string of the molecule is Cc1ccc([P+](CCCCOC(=O)C(C)(C)C)(c2ccc(C)cc2)c2ccc(C)cc2)cc1.[I-]. The zero-order valence-corrected chi connectivity index (χ0v) is 24.5. The number of unbranched alkanes of at least 4 members (excludes halogenated alkanes) is 1. The van der Waals surface area contributed by atoms with Gasteiger partial charge in [0.1, 0.15) is 23.2 Å². The Morgan fingerprint density at radius 3 is 1.35 bits per heavy atom. The van der Waals surface area contributed by atoms with Crippen LogP contribution in [0.25, 0.3) is 0 Å². The molecule has 4 heteroatoms. The summed E-state index contributed by atoms with van der Waals surface area (Å²) < 4.78 is 5.56. The Kier molecular flexibility index (Phi) is 10.3. The molecule has 0 unspecified atom stereocenters. The molecule has 0 N–H and O–H groups in total. The summed E-state index contributed by atoms with van der Waals surface area (Å²) in [5.41, 5.74) is 3.37. The van der Waals surface area contributed by atoms with Crippen molar-refractivity contribution in [2.24, 2.45) is 5.41 Å². The first-order valence-corrected chi connectivity index (χ1v) is 13.9. The predicted octanol–water partition coefficient (Wildman–Crippen LogP) is 3.28. The molecule has 0 fully saturated rings. The maximum absolute atomic E-state index is 12.2. The van der Waals surface area contributed by atoms with Crippen LogP contribution in [0.15, 0.2) is 72.8 Å². The molecular weight excluding hydrogens is 550 g/mol. The van der Waals surface area contributed by atoms with Gasteiger partial charge in [0.05, 0.1) is 18.2 Å². The van der Waals surface area contributed by atoms with Crippen molar-refractivity contribution < 1.29 is 33.5 Å². The summed E-state index contributed by atoms with van der Waals surface area (Å²) in [4.78, 5) is 12.2. The Bertz CT molecular complexity index is 938. The highest BCUT2D eigenvalue weighted by Crippen LogP contribution is 2.56. The lowest BCUT2D eigenvalue weighted by atomic mass is 9.97. The number of carbonyl (C=O) groups is 1. The van der Waals surface area contributed by atoms with E-state index in [0.29, 0.717) is 6.61 Å². The average Bonchev–Trinajstić information content (AvgIpc) is 2.78. The van der Waals surface area contributed by atoms with Crippen molar-refractivity contribution in [3.63, 3.8) is 0 Å². The Morgan fingerprint density at radius 2 is 1.03 bits per heavy atom. The minimum atomic E-state index is -1.85. The largest absolute Gasteiger partial charge is 1.00 e. The third-order valence-corrected chi connectivity index (χ3v) is 10.7. The van der Waals surface area contributed by atoms with Gasteiger partial charge in [0, 0.05) is 0 Å². The molecule has 0 aliphatic rings. The second-order valence-corrected chi connectivity index (χ2v) is 13.7. The third-order valence-electron chi connectivity index (χ3n) is 6.16. The molecule has 0 spiro atoms. The van der Waals surface area contributed by atoms with E-state index < -0.39 is 12.7 Å². The first kappa shape index (κ1) is 28.5. The number of hydrogen-bond donors (Lipinski definition) is 0. The van der Waals surface area contributed by atoms with E-state index in [1.165, 1.54) is 32.6 Å². The molecule has 0 radical (unpaired) electrons. The van der Waals surface area contributed by atoms with Gasteiger partial charge >= 0.3 is 5.97 Å². The summed E-state index contributed by atoms with van der Waals surface area (Å²) in [7, 11) is -1.85. The van der Waals surface area contributed by atoms with E-state index in [1.54, 1.807) is 0 Å². The molecule has 3 aromatic carbocycles. The van der Waals surface area contributed by atoms with Crippen LogP contribution in [-0.4, -0.2) is 18.7 Å². The number of ether oxygens (including phenoxy) is 1. The maximum atomic E-state index is 12.2. The fourth-order valence-electron chi connectivity index (χ4n) is 4.06. The van der Waals surface area contributed by atoms with Gasteiger partial charge < -0.3 is 28.7 Å². The van der Waals surface area contributed by atoms with Gasteiger partial charge in [0.25, 0.3) is 0 Å². The van der Waals surface area contributed by atoms with Crippen LogP contribution in [0.1, 0.15) is 50.3 Å². The maximum Gasteiger partial charge on any atom is 0.311 e. The first-order valence-electron chi connectivity index (χ1n) is 11.9. The van der Waals surface area contributed by atoms with Crippen LogP contribution in [0.2, 0.25) is 0 Å². The van der Waals surface area contributed by atoms with E-state index in [4.69, 9.17) is 4.74 Å². The zero-order chi connectivity index (χ0) is 24.1. The van der Waals surface area contributed by atoms with E-state index in [2.05, 4.69) is 93.6 Å². The van der Waals surface area contributed by atoms with E-state index in [0.717, 1.165) is 19.0 Å². The number of benzene rings is 3. The van der Waals surface area contributed by atoms with Crippen molar-refractivity contribution in [3.8, 4) is 0 Å². The van der Waals surface area contributed by atoms with Crippen LogP contribution in [0, 0.1) is 26.2 Å². The van der Waals surface area contributed by atoms with Crippen LogP contribution in [0.5, 0.6) is 0 Å².